The van der Waals surface area contributed by atoms with Gasteiger partial charge in [0, 0.05) is 17.3 Å². The van der Waals surface area contributed by atoms with E-state index in [1.165, 1.54) is 33.1 Å². The smallest absolute Gasteiger partial charge is 0.0975 e. The van der Waals surface area contributed by atoms with Crippen LogP contribution in [0.1, 0.15) is 53.0 Å². The third kappa shape index (κ3) is 3.04. The van der Waals surface area contributed by atoms with Crippen LogP contribution >= 0.6 is 11.3 Å². The van der Waals surface area contributed by atoms with Gasteiger partial charge in [0.15, 0.2) is 0 Å². The summed E-state index contributed by atoms with van der Waals surface area (Å²) in [5, 5.41) is 4.73. The lowest BCUT2D eigenvalue weighted by molar-refractivity contribution is 0.265. The van der Waals surface area contributed by atoms with Crippen LogP contribution in [0.2, 0.25) is 0 Å². The summed E-state index contributed by atoms with van der Waals surface area (Å²) in [7, 11) is 2.07. The van der Waals surface area contributed by atoms with Crippen molar-refractivity contribution >= 4 is 11.3 Å². The molecular weight excluding hydrogens is 276 g/mol. The zero-order chi connectivity index (χ0) is 15.0. The van der Waals surface area contributed by atoms with Crippen molar-refractivity contribution in [3.63, 3.8) is 0 Å². The topological polar surface area (TPSA) is 24.9 Å². The molecule has 0 spiro atoms. The SMILES string of the molecule is CNC1CC(C)(C)Cc2nc(Cc3ccccc3C)sc21. The molecule has 1 aromatic heterocycles. The van der Waals surface area contributed by atoms with Gasteiger partial charge < -0.3 is 5.32 Å². The van der Waals surface area contributed by atoms with E-state index in [4.69, 9.17) is 4.98 Å². The number of benzene rings is 1. The number of fused-ring (bicyclic) bond motifs is 1. The van der Waals surface area contributed by atoms with E-state index in [0.717, 1.165) is 12.8 Å². The molecule has 0 fully saturated rings. The van der Waals surface area contributed by atoms with Gasteiger partial charge in [0.1, 0.15) is 0 Å². The predicted molar refractivity (Wildman–Crippen MR) is 90.0 cm³/mol. The van der Waals surface area contributed by atoms with Crippen molar-refractivity contribution in [2.24, 2.45) is 5.41 Å². The van der Waals surface area contributed by atoms with Crippen LogP contribution in [0.4, 0.5) is 0 Å². The van der Waals surface area contributed by atoms with Crippen LogP contribution < -0.4 is 5.32 Å². The molecule has 1 N–H and O–H groups in total. The highest BCUT2D eigenvalue weighted by Gasteiger charge is 2.34. The molecule has 0 amide bonds. The Morgan fingerprint density at radius 2 is 2.10 bits per heavy atom. The lowest BCUT2D eigenvalue weighted by Gasteiger charge is -2.34. The maximum Gasteiger partial charge on any atom is 0.0975 e. The highest BCUT2D eigenvalue weighted by atomic mass is 32.1. The van der Waals surface area contributed by atoms with E-state index in [2.05, 4.69) is 57.4 Å². The Labute approximate surface area is 131 Å². The summed E-state index contributed by atoms with van der Waals surface area (Å²) < 4.78 is 0. The van der Waals surface area contributed by atoms with Crippen LogP contribution in [0.5, 0.6) is 0 Å². The molecule has 1 aliphatic rings. The van der Waals surface area contributed by atoms with Crippen LogP contribution in [-0.4, -0.2) is 12.0 Å². The molecule has 0 aliphatic heterocycles. The summed E-state index contributed by atoms with van der Waals surface area (Å²) in [6, 6.07) is 9.09. The van der Waals surface area contributed by atoms with Gasteiger partial charge in [0.2, 0.25) is 0 Å². The molecule has 1 atom stereocenters. The summed E-state index contributed by atoms with van der Waals surface area (Å²) in [5.74, 6) is 0. The molecule has 0 bridgehead atoms. The Morgan fingerprint density at radius 1 is 1.33 bits per heavy atom. The number of hydrogen-bond acceptors (Lipinski definition) is 3. The number of aromatic nitrogens is 1. The standard InChI is InChI=1S/C18H24N2S/c1-12-7-5-6-8-13(12)9-16-20-15-11-18(2,3)10-14(19-4)17(15)21-16/h5-8,14,19H,9-11H2,1-4H3. The van der Waals surface area contributed by atoms with Gasteiger partial charge in [-0.1, -0.05) is 38.1 Å². The van der Waals surface area contributed by atoms with E-state index in [1.54, 1.807) is 0 Å². The van der Waals surface area contributed by atoms with Crippen molar-refractivity contribution in [1.29, 1.82) is 0 Å². The zero-order valence-corrected chi connectivity index (χ0v) is 14.2. The van der Waals surface area contributed by atoms with Gasteiger partial charge in [-0.25, -0.2) is 4.98 Å². The fourth-order valence-electron chi connectivity index (χ4n) is 3.26. The molecule has 2 aromatic rings. The average Bonchev–Trinajstić information content (AvgIpc) is 2.81. The highest BCUT2D eigenvalue weighted by molar-refractivity contribution is 7.11. The summed E-state index contributed by atoms with van der Waals surface area (Å²) >= 11 is 1.90. The van der Waals surface area contributed by atoms with Crippen molar-refractivity contribution in [1.82, 2.24) is 10.3 Å². The Bertz CT molecular complexity index is 642. The molecule has 112 valence electrons. The molecule has 0 radical (unpaired) electrons. The molecule has 21 heavy (non-hydrogen) atoms. The predicted octanol–water partition coefficient (Wildman–Crippen LogP) is 4.28. The molecule has 1 aliphatic carbocycles. The van der Waals surface area contributed by atoms with Gasteiger partial charge in [0.25, 0.3) is 0 Å². The van der Waals surface area contributed by atoms with Gasteiger partial charge in [-0.15, -0.1) is 11.3 Å². The lowest BCUT2D eigenvalue weighted by Crippen LogP contribution is -2.30. The molecule has 0 saturated carbocycles. The first kappa shape index (κ1) is 14.7. The van der Waals surface area contributed by atoms with Crippen molar-refractivity contribution in [2.75, 3.05) is 7.05 Å². The van der Waals surface area contributed by atoms with Crippen LogP contribution in [0.15, 0.2) is 24.3 Å². The third-order valence-electron chi connectivity index (χ3n) is 4.44. The number of hydrogen-bond donors (Lipinski definition) is 1. The number of nitrogens with one attached hydrogen (secondary N) is 1. The Kier molecular flexibility index (Phi) is 3.89. The molecule has 3 heteroatoms. The Hall–Kier alpha value is -1.19. The first-order valence-corrected chi connectivity index (χ1v) is 8.50. The summed E-state index contributed by atoms with van der Waals surface area (Å²) in [6.45, 7) is 6.88. The monoisotopic (exact) mass is 300 g/mol. The largest absolute Gasteiger partial charge is 0.312 e. The number of nitrogens with zero attached hydrogens (tertiary/aromatic N) is 1. The summed E-state index contributed by atoms with van der Waals surface area (Å²) in [4.78, 5) is 6.42. The maximum atomic E-state index is 4.96. The fraction of sp³-hybridized carbons (Fsp3) is 0.500. The van der Waals surface area contributed by atoms with E-state index in [1.807, 2.05) is 11.3 Å². The van der Waals surface area contributed by atoms with E-state index in [0.29, 0.717) is 11.5 Å². The molecule has 1 heterocycles. The molecule has 1 unspecified atom stereocenters. The Morgan fingerprint density at radius 3 is 2.81 bits per heavy atom. The van der Waals surface area contributed by atoms with Gasteiger partial charge in [-0.05, 0) is 43.4 Å². The minimum Gasteiger partial charge on any atom is -0.312 e. The van der Waals surface area contributed by atoms with Crippen LogP contribution in [0.3, 0.4) is 0 Å². The van der Waals surface area contributed by atoms with E-state index in [9.17, 15) is 0 Å². The molecule has 2 nitrogen and oxygen atoms in total. The van der Waals surface area contributed by atoms with Gasteiger partial charge >= 0.3 is 0 Å². The minimum absolute atomic E-state index is 0.342. The summed E-state index contributed by atoms with van der Waals surface area (Å²) in [6.07, 6.45) is 3.26. The normalized spacial score (nSPS) is 20.3. The lowest BCUT2D eigenvalue weighted by atomic mass is 9.76. The molecular formula is C18H24N2S. The molecule has 3 rings (SSSR count). The average molecular weight is 300 g/mol. The molecule has 0 saturated heterocycles. The van der Waals surface area contributed by atoms with Crippen molar-refractivity contribution in [3.05, 3.63) is 51.0 Å². The van der Waals surface area contributed by atoms with Crippen molar-refractivity contribution in [3.8, 4) is 0 Å². The van der Waals surface area contributed by atoms with Gasteiger partial charge in [-0.3, -0.25) is 0 Å². The minimum atomic E-state index is 0.342. The first-order chi connectivity index (χ1) is 9.98. The maximum absolute atomic E-state index is 4.96. The van der Waals surface area contributed by atoms with Crippen LogP contribution in [-0.2, 0) is 12.8 Å². The van der Waals surface area contributed by atoms with E-state index >= 15 is 0 Å². The second kappa shape index (κ2) is 5.54. The number of thiazole rings is 1. The number of rotatable bonds is 3. The zero-order valence-electron chi connectivity index (χ0n) is 13.4. The first-order valence-electron chi connectivity index (χ1n) is 7.69. The van der Waals surface area contributed by atoms with E-state index in [-0.39, 0.29) is 0 Å². The van der Waals surface area contributed by atoms with Gasteiger partial charge in [-0.2, -0.15) is 0 Å². The quantitative estimate of drug-likeness (QED) is 0.915. The second-order valence-electron chi connectivity index (χ2n) is 6.91. The fourth-order valence-corrected chi connectivity index (χ4v) is 4.48. The highest BCUT2D eigenvalue weighted by Crippen LogP contribution is 2.43. The van der Waals surface area contributed by atoms with E-state index < -0.39 is 0 Å². The van der Waals surface area contributed by atoms with Crippen LogP contribution in [0.25, 0.3) is 0 Å². The second-order valence-corrected chi connectivity index (χ2v) is 8.02. The van der Waals surface area contributed by atoms with Crippen LogP contribution in [0, 0.1) is 12.3 Å². The molecule has 1 aromatic carbocycles. The van der Waals surface area contributed by atoms with Crippen molar-refractivity contribution < 1.29 is 0 Å². The third-order valence-corrected chi connectivity index (χ3v) is 5.65. The van der Waals surface area contributed by atoms with Gasteiger partial charge in [0.05, 0.1) is 10.7 Å². The summed E-state index contributed by atoms with van der Waals surface area (Å²) in [5.41, 5.74) is 4.41. The number of aryl methyl sites for hydroxylation is 1. The van der Waals surface area contributed by atoms with Crippen molar-refractivity contribution in [2.45, 2.75) is 46.1 Å². The Balaban J connectivity index is 1.90.